The fraction of sp³-hybridized carbons (Fsp3) is 0.364. The van der Waals surface area contributed by atoms with Gasteiger partial charge in [-0.15, -0.1) is 0 Å². The molecule has 0 aliphatic carbocycles. The molecule has 0 spiro atoms. The molecule has 0 bridgehead atoms. The van der Waals surface area contributed by atoms with Crippen molar-refractivity contribution in [2.24, 2.45) is 0 Å². The molecule has 1 heterocycles. The predicted octanol–water partition coefficient (Wildman–Crippen LogP) is 3.50. The van der Waals surface area contributed by atoms with Gasteiger partial charge in [-0.05, 0) is 41.2 Å². The van der Waals surface area contributed by atoms with Gasteiger partial charge in [-0.1, -0.05) is 51.1 Å². The lowest BCUT2D eigenvalue weighted by Crippen LogP contribution is -2.33. The minimum Gasteiger partial charge on any atom is -0.482 e. The Morgan fingerprint density at radius 2 is 1.70 bits per heavy atom. The number of amides is 1. The van der Waals surface area contributed by atoms with E-state index in [0.717, 1.165) is 17.7 Å². The molecule has 1 aliphatic rings. The third kappa shape index (κ3) is 4.67. The van der Waals surface area contributed by atoms with E-state index in [-0.39, 0.29) is 24.5 Å². The summed E-state index contributed by atoms with van der Waals surface area (Å²) in [6.07, 6.45) is 0.823. The Bertz CT molecular complexity index is 821. The van der Waals surface area contributed by atoms with Gasteiger partial charge in [-0.2, -0.15) is 0 Å². The van der Waals surface area contributed by atoms with Crippen LogP contribution in [0.3, 0.4) is 0 Å². The zero-order valence-electron chi connectivity index (χ0n) is 16.0. The smallest absolute Gasteiger partial charge is 0.344 e. The van der Waals surface area contributed by atoms with Crippen LogP contribution in [0.15, 0.2) is 48.5 Å². The maximum atomic E-state index is 12.3. The van der Waals surface area contributed by atoms with Crippen LogP contribution in [0.2, 0.25) is 0 Å². The van der Waals surface area contributed by atoms with Crippen LogP contribution in [-0.2, 0) is 26.2 Å². The van der Waals surface area contributed by atoms with Crippen molar-refractivity contribution in [2.75, 3.05) is 24.7 Å². The fourth-order valence-electron chi connectivity index (χ4n) is 3.05. The molecule has 142 valence electrons. The number of carbonyl (C=O) groups excluding carboxylic acids is 2. The molecule has 0 saturated heterocycles. The number of para-hydroxylation sites is 1. The highest BCUT2D eigenvalue weighted by molar-refractivity contribution is 5.97. The van der Waals surface area contributed by atoms with Crippen molar-refractivity contribution in [3.8, 4) is 5.75 Å². The van der Waals surface area contributed by atoms with E-state index in [1.54, 1.807) is 4.90 Å². The summed E-state index contributed by atoms with van der Waals surface area (Å²) in [7, 11) is 0. The van der Waals surface area contributed by atoms with Crippen molar-refractivity contribution < 1.29 is 19.1 Å². The molecule has 1 amide bonds. The van der Waals surface area contributed by atoms with Crippen LogP contribution in [0.4, 0.5) is 5.69 Å². The Kier molecular flexibility index (Phi) is 5.49. The van der Waals surface area contributed by atoms with Crippen LogP contribution < -0.4 is 9.64 Å². The van der Waals surface area contributed by atoms with Gasteiger partial charge in [-0.25, -0.2) is 4.79 Å². The third-order valence-corrected chi connectivity index (χ3v) is 4.62. The molecule has 0 saturated carbocycles. The number of ether oxygens (including phenoxy) is 2. The van der Waals surface area contributed by atoms with Gasteiger partial charge >= 0.3 is 5.97 Å². The first-order valence-electron chi connectivity index (χ1n) is 9.12. The Hall–Kier alpha value is -2.82. The summed E-state index contributed by atoms with van der Waals surface area (Å²) >= 11 is 0. The zero-order chi connectivity index (χ0) is 19.4. The molecule has 0 unspecified atom stereocenters. The van der Waals surface area contributed by atoms with Gasteiger partial charge in [0.25, 0.3) is 5.91 Å². The number of fused-ring (bicyclic) bond motifs is 1. The quantitative estimate of drug-likeness (QED) is 0.759. The number of carbonyl (C=O) groups is 2. The first-order valence-corrected chi connectivity index (χ1v) is 9.12. The van der Waals surface area contributed by atoms with Crippen LogP contribution in [0.25, 0.3) is 0 Å². The summed E-state index contributed by atoms with van der Waals surface area (Å²) in [6.45, 7) is 6.52. The first kappa shape index (κ1) is 19.0. The molecule has 5 heteroatoms. The average molecular weight is 367 g/mol. The van der Waals surface area contributed by atoms with Crippen LogP contribution in [0, 0.1) is 0 Å². The minimum absolute atomic E-state index is 0.0615. The second-order valence-corrected chi connectivity index (χ2v) is 7.65. The molecule has 0 fully saturated rings. The zero-order valence-corrected chi connectivity index (χ0v) is 16.0. The van der Waals surface area contributed by atoms with E-state index in [9.17, 15) is 9.59 Å². The maximum Gasteiger partial charge on any atom is 0.344 e. The second kappa shape index (κ2) is 7.82. The average Bonchev–Trinajstić information content (AvgIpc) is 3.08. The Morgan fingerprint density at radius 3 is 2.41 bits per heavy atom. The largest absolute Gasteiger partial charge is 0.482 e. The van der Waals surface area contributed by atoms with Crippen molar-refractivity contribution in [3.63, 3.8) is 0 Å². The van der Waals surface area contributed by atoms with E-state index in [1.165, 1.54) is 5.56 Å². The molecule has 2 aromatic carbocycles. The lowest BCUT2D eigenvalue weighted by atomic mass is 9.87. The van der Waals surface area contributed by atoms with Crippen LogP contribution in [-0.4, -0.2) is 31.6 Å². The highest BCUT2D eigenvalue weighted by atomic mass is 16.6. The van der Waals surface area contributed by atoms with Crippen LogP contribution in [0.1, 0.15) is 31.9 Å². The van der Waals surface area contributed by atoms with Gasteiger partial charge in [0.15, 0.2) is 13.2 Å². The molecule has 0 atom stereocenters. The van der Waals surface area contributed by atoms with Gasteiger partial charge in [0.05, 0.1) is 0 Å². The molecule has 1 aliphatic heterocycles. The number of esters is 1. The standard InChI is InChI=1S/C22H25NO4/c1-22(2,3)17-8-10-18(11-9-17)26-15-21(25)27-14-20(24)23-13-12-16-6-4-5-7-19(16)23/h4-11H,12-15H2,1-3H3. The SMILES string of the molecule is CC(C)(C)c1ccc(OCC(=O)OCC(=O)N2CCc3ccccc32)cc1. The monoisotopic (exact) mass is 367 g/mol. The van der Waals surface area contributed by atoms with Gasteiger partial charge in [-0.3, -0.25) is 4.79 Å². The van der Waals surface area contributed by atoms with Crippen LogP contribution >= 0.6 is 0 Å². The number of hydrogen-bond acceptors (Lipinski definition) is 4. The normalized spacial score (nSPS) is 13.2. The highest BCUT2D eigenvalue weighted by Crippen LogP contribution is 2.27. The van der Waals surface area contributed by atoms with E-state index >= 15 is 0 Å². The van der Waals surface area contributed by atoms with Gasteiger partial charge < -0.3 is 14.4 Å². The third-order valence-electron chi connectivity index (χ3n) is 4.62. The molecule has 3 rings (SSSR count). The molecular weight excluding hydrogens is 342 g/mol. The number of nitrogens with zero attached hydrogens (tertiary/aromatic N) is 1. The molecule has 5 nitrogen and oxygen atoms in total. The van der Waals surface area contributed by atoms with Gasteiger partial charge in [0, 0.05) is 12.2 Å². The highest BCUT2D eigenvalue weighted by Gasteiger charge is 2.24. The summed E-state index contributed by atoms with van der Waals surface area (Å²) in [5.41, 5.74) is 3.29. The summed E-state index contributed by atoms with van der Waals surface area (Å²) in [4.78, 5) is 25.9. The fourth-order valence-corrected chi connectivity index (χ4v) is 3.05. The molecular formula is C22H25NO4. The minimum atomic E-state index is -0.560. The van der Waals surface area contributed by atoms with Crippen molar-refractivity contribution in [1.29, 1.82) is 0 Å². The van der Waals surface area contributed by atoms with E-state index in [1.807, 2.05) is 48.5 Å². The van der Waals surface area contributed by atoms with E-state index in [4.69, 9.17) is 9.47 Å². The molecule has 2 aromatic rings. The summed E-state index contributed by atoms with van der Waals surface area (Å²) in [5, 5.41) is 0. The Balaban J connectivity index is 1.46. The van der Waals surface area contributed by atoms with Crippen LogP contribution in [0.5, 0.6) is 5.75 Å². The van der Waals surface area contributed by atoms with E-state index < -0.39 is 5.97 Å². The molecule has 0 N–H and O–H groups in total. The second-order valence-electron chi connectivity index (χ2n) is 7.65. The lowest BCUT2D eigenvalue weighted by molar-refractivity contribution is -0.149. The van der Waals surface area contributed by atoms with Crippen molar-refractivity contribution >= 4 is 17.6 Å². The van der Waals surface area contributed by atoms with Gasteiger partial charge in [0.2, 0.25) is 0 Å². The van der Waals surface area contributed by atoms with E-state index in [0.29, 0.717) is 12.3 Å². The molecule has 0 radical (unpaired) electrons. The number of anilines is 1. The maximum absolute atomic E-state index is 12.3. The molecule has 27 heavy (non-hydrogen) atoms. The van der Waals surface area contributed by atoms with Crippen molar-refractivity contribution in [2.45, 2.75) is 32.6 Å². The van der Waals surface area contributed by atoms with Crippen molar-refractivity contribution in [1.82, 2.24) is 0 Å². The summed E-state index contributed by atoms with van der Waals surface area (Å²) in [5.74, 6) is -0.182. The van der Waals surface area contributed by atoms with Gasteiger partial charge in [0.1, 0.15) is 5.75 Å². The number of rotatable bonds is 5. The molecule has 0 aromatic heterocycles. The number of hydrogen-bond donors (Lipinski definition) is 0. The number of benzene rings is 2. The first-order chi connectivity index (χ1) is 12.8. The lowest BCUT2D eigenvalue weighted by Gasteiger charge is -2.19. The summed E-state index contributed by atoms with van der Waals surface area (Å²) < 4.78 is 10.5. The summed E-state index contributed by atoms with van der Waals surface area (Å²) in [6, 6.07) is 15.4. The van der Waals surface area contributed by atoms with E-state index in [2.05, 4.69) is 20.8 Å². The predicted molar refractivity (Wildman–Crippen MR) is 104 cm³/mol. The Morgan fingerprint density at radius 1 is 1.00 bits per heavy atom. The Labute approximate surface area is 159 Å². The van der Waals surface area contributed by atoms with Crippen molar-refractivity contribution in [3.05, 3.63) is 59.7 Å². The topological polar surface area (TPSA) is 55.8 Å².